The summed E-state index contributed by atoms with van der Waals surface area (Å²) < 4.78 is 62.6. The lowest BCUT2D eigenvalue weighted by Gasteiger charge is -2.49. The predicted octanol–water partition coefficient (Wildman–Crippen LogP) is -4.14. The summed E-state index contributed by atoms with van der Waals surface area (Å²) in [7, 11) is 0. The summed E-state index contributed by atoms with van der Waals surface area (Å²) in [6.45, 7) is 2.94. The van der Waals surface area contributed by atoms with Crippen LogP contribution in [0.2, 0.25) is 0 Å². The number of morpholine rings is 2. The summed E-state index contributed by atoms with van der Waals surface area (Å²) in [6, 6.07) is 2.94. The SMILES string of the molecule is CC(=O)CSC1CC(=O)N(CCOc2ccc3c(c2)c(C(=O)OCCOCCOCC(=O)NCC2O[C@@H]4OCCN(C(C)=O)[C@@H]4[C@@H](O)[C@H]2O)cn3CC(=O)OCCOCCOCC(=O)NCC2O[C@@H]3OCCN(C(C)=O)[C@@H]3[C@@H](O)[C@H]2O)C1=O. The van der Waals surface area contributed by atoms with Gasteiger partial charge < -0.3 is 97.5 Å². The molecule has 7 rings (SSSR count). The monoisotopic (exact) mass is 1200 g/mol. The second kappa shape index (κ2) is 31.3. The van der Waals surface area contributed by atoms with Crippen LogP contribution in [-0.4, -0.2) is 284 Å². The van der Waals surface area contributed by atoms with Gasteiger partial charge in [-0.3, -0.25) is 43.3 Å². The first kappa shape index (κ1) is 64.6. The number of hydrogen-bond donors (Lipinski definition) is 6. The molecule has 6 heterocycles. The lowest BCUT2D eigenvalue weighted by molar-refractivity contribution is -0.296. The van der Waals surface area contributed by atoms with Gasteiger partial charge in [0.05, 0.1) is 76.0 Å². The third-order valence-corrected chi connectivity index (χ3v) is 15.2. The number of ether oxygens (including phenoxy) is 11. The highest BCUT2D eigenvalue weighted by atomic mass is 32.2. The lowest BCUT2D eigenvalue weighted by atomic mass is 9.94. The van der Waals surface area contributed by atoms with Crippen LogP contribution >= 0.6 is 11.8 Å². The highest BCUT2D eigenvalue weighted by Crippen LogP contribution is 2.32. The number of esters is 2. The largest absolute Gasteiger partial charge is 0.492 e. The average molecular weight is 1200 g/mol. The molecule has 11 atom stereocenters. The number of Topliss-reactive ketones (excluding diaryl/α,β-unsaturated/α-hetero) is 1. The van der Waals surface area contributed by atoms with Crippen LogP contribution in [0.5, 0.6) is 5.75 Å². The van der Waals surface area contributed by atoms with Crippen LogP contribution in [0.1, 0.15) is 37.6 Å². The van der Waals surface area contributed by atoms with Crippen molar-refractivity contribution in [3.05, 3.63) is 30.0 Å². The molecule has 0 spiro atoms. The molecule has 5 fully saturated rings. The number of benzene rings is 1. The van der Waals surface area contributed by atoms with Crippen molar-refractivity contribution in [2.75, 3.05) is 124 Å². The van der Waals surface area contributed by atoms with Gasteiger partial charge in [-0.25, -0.2) is 4.79 Å². The molecule has 83 heavy (non-hydrogen) atoms. The molecule has 5 saturated heterocycles. The summed E-state index contributed by atoms with van der Waals surface area (Å²) in [5.41, 5.74) is 0.477. The Balaban J connectivity index is 0.817. The van der Waals surface area contributed by atoms with Gasteiger partial charge in [0.15, 0.2) is 12.6 Å². The molecule has 31 heteroatoms. The molecule has 0 bridgehead atoms. The van der Waals surface area contributed by atoms with Crippen LogP contribution in [0.4, 0.5) is 0 Å². The average Bonchev–Trinajstić information content (AvgIpc) is 4.13. The highest BCUT2D eigenvalue weighted by Gasteiger charge is 2.51. The van der Waals surface area contributed by atoms with Crippen molar-refractivity contribution in [1.29, 1.82) is 0 Å². The molecule has 6 N–H and O–H groups in total. The maximum Gasteiger partial charge on any atom is 0.340 e. The van der Waals surface area contributed by atoms with Gasteiger partial charge in [0.25, 0.3) is 0 Å². The molecular formula is C52H72N6O24S. The first-order valence-electron chi connectivity index (χ1n) is 27.0. The Labute approximate surface area is 480 Å². The minimum Gasteiger partial charge on any atom is -0.492 e. The van der Waals surface area contributed by atoms with Crippen molar-refractivity contribution in [3.63, 3.8) is 0 Å². The van der Waals surface area contributed by atoms with E-state index in [0.717, 1.165) is 16.7 Å². The summed E-state index contributed by atoms with van der Waals surface area (Å²) in [5.74, 6) is -3.69. The Morgan fingerprint density at radius 3 is 1.75 bits per heavy atom. The third-order valence-electron chi connectivity index (χ3n) is 13.9. The number of rotatable bonds is 30. The number of ketones is 1. The van der Waals surface area contributed by atoms with Crippen molar-refractivity contribution in [2.45, 2.75) is 100 Å². The second-order valence-electron chi connectivity index (χ2n) is 19.8. The topological polar surface area (TPSA) is 375 Å². The van der Waals surface area contributed by atoms with E-state index < -0.39 is 96.2 Å². The Morgan fingerprint density at radius 1 is 0.675 bits per heavy atom. The molecular weight excluding hydrogens is 1120 g/mol. The molecule has 1 aromatic carbocycles. The Hall–Kier alpha value is -5.94. The highest BCUT2D eigenvalue weighted by molar-refractivity contribution is 8.01. The van der Waals surface area contributed by atoms with Gasteiger partial charge in [0.2, 0.25) is 35.4 Å². The molecule has 0 aliphatic carbocycles. The number of nitrogens with zero attached hydrogens (tertiary/aromatic N) is 4. The number of nitrogens with one attached hydrogen (secondary N) is 2. The number of fused-ring (bicyclic) bond motifs is 3. The molecule has 3 unspecified atom stereocenters. The summed E-state index contributed by atoms with van der Waals surface area (Å²) in [4.78, 5) is 116. The molecule has 2 aromatic rings. The van der Waals surface area contributed by atoms with E-state index in [4.69, 9.17) is 52.1 Å². The van der Waals surface area contributed by atoms with Crippen LogP contribution in [0.3, 0.4) is 0 Å². The van der Waals surface area contributed by atoms with E-state index in [2.05, 4.69) is 10.6 Å². The summed E-state index contributed by atoms with van der Waals surface area (Å²) in [6.07, 6.45) is -8.17. The Kier molecular flexibility index (Phi) is 24.3. The molecule has 0 radical (unpaired) electrons. The number of carbonyl (C=O) groups is 9. The Bertz CT molecular complexity index is 2610. The minimum absolute atomic E-state index is 0.000812. The van der Waals surface area contributed by atoms with Gasteiger partial charge in [-0.05, 0) is 25.1 Å². The molecule has 0 saturated carbocycles. The number of amides is 6. The Morgan fingerprint density at radius 2 is 1.20 bits per heavy atom. The first-order valence-corrected chi connectivity index (χ1v) is 28.1. The summed E-state index contributed by atoms with van der Waals surface area (Å²) in [5, 5.41) is 47.5. The smallest absolute Gasteiger partial charge is 0.340 e. The van der Waals surface area contributed by atoms with Crippen LogP contribution in [0.25, 0.3) is 10.9 Å². The zero-order valence-electron chi connectivity index (χ0n) is 46.2. The lowest BCUT2D eigenvalue weighted by Crippen LogP contribution is -2.68. The predicted molar refractivity (Wildman–Crippen MR) is 282 cm³/mol. The maximum absolute atomic E-state index is 13.6. The van der Waals surface area contributed by atoms with Crippen molar-refractivity contribution >= 4 is 75.8 Å². The number of likely N-dealkylation sites (tertiary alicyclic amines) is 1. The van der Waals surface area contributed by atoms with Crippen molar-refractivity contribution in [3.8, 4) is 5.75 Å². The van der Waals surface area contributed by atoms with Gasteiger partial charge in [-0.2, -0.15) is 0 Å². The zero-order valence-corrected chi connectivity index (χ0v) is 47.0. The van der Waals surface area contributed by atoms with Gasteiger partial charge >= 0.3 is 11.9 Å². The number of carbonyl (C=O) groups excluding carboxylic acids is 9. The maximum atomic E-state index is 13.6. The van der Waals surface area contributed by atoms with E-state index in [0.29, 0.717) is 10.9 Å². The number of aromatic nitrogens is 1. The van der Waals surface area contributed by atoms with Crippen molar-refractivity contribution in [1.82, 2.24) is 29.9 Å². The molecule has 5 aliphatic heterocycles. The van der Waals surface area contributed by atoms with Gasteiger partial charge in [-0.1, -0.05) is 0 Å². The van der Waals surface area contributed by atoms with Crippen LogP contribution in [-0.2, 0) is 92.3 Å². The van der Waals surface area contributed by atoms with E-state index >= 15 is 0 Å². The minimum atomic E-state index is -1.41. The first-order chi connectivity index (χ1) is 39.8. The standard InChI is InChI=1S/C52H72N6O24S/c1-29(59)28-83-38-21-41(64)58(49(38)70)8-9-76-32-4-5-35-33(20-32)34(50(71)78-19-17-73-13-15-75-27-40(63)54-23-37-46(67)48(69)44-52(82-37)80-11-7-57(44)31(3)61)24-55(35)25-42(65)77-18-16-72-12-14-74-26-39(62)53-22-36-45(66)47(68)43-51(81-36)79-10-6-56(43)30(2)60/h4-5,20,24,36-38,43-48,51-52,66-69H,6-19,21-23,25-28H2,1-3H3,(H,53,62)(H,54,63)/t36?,37?,38?,43-,44-,45+,46+,47-,48-,51+,52+/m1/s1. The number of hydrogen-bond acceptors (Lipinski definition) is 25. The van der Waals surface area contributed by atoms with E-state index in [-0.39, 0.29) is 172 Å². The molecule has 5 aliphatic rings. The fourth-order valence-corrected chi connectivity index (χ4v) is 10.8. The number of aliphatic hydroxyl groups is 4. The second-order valence-corrected chi connectivity index (χ2v) is 21.0. The quantitative estimate of drug-likeness (QED) is 0.0246. The van der Waals surface area contributed by atoms with Crippen LogP contribution < -0.4 is 15.4 Å². The molecule has 6 amide bonds. The fraction of sp³-hybridized carbons (Fsp3) is 0.673. The van der Waals surface area contributed by atoms with Gasteiger partial charge in [-0.15, -0.1) is 11.8 Å². The van der Waals surface area contributed by atoms with E-state index in [1.54, 1.807) is 18.2 Å². The van der Waals surface area contributed by atoms with Crippen molar-refractivity contribution in [2.24, 2.45) is 0 Å². The number of aliphatic hydroxyl groups excluding tert-OH is 4. The van der Waals surface area contributed by atoms with E-state index in [9.17, 15) is 63.6 Å². The molecule has 460 valence electrons. The fourth-order valence-electron chi connectivity index (χ4n) is 9.80. The van der Waals surface area contributed by atoms with Crippen molar-refractivity contribution < 1.29 is 116 Å². The number of thioether (sulfide) groups is 1. The normalized spacial score (nSPS) is 26.1. The molecule has 30 nitrogen and oxygen atoms in total. The summed E-state index contributed by atoms with van der Waals surface area (Å²) >= 11 is 1.11. The van der Waals surface area contributed by atoms with Gasteiger partial charge in [0.1, 0.15) is 99.8 Å². The van der Waals surface area contributed by atoms with Gasteiger partial charge in [0, 0.05) is 63.5 Å². The van der Waals surface area contributed by atoms with E-state index in [1.807, 2.05) is 0 Å². The van der Waals surface area contributed by atoms with Crippen LogP contribution in [0, 0.1) is 0 Å². The van der Waals surface area contributed by atoms with E-state index in [1.165, 1.54) is 41.3 Å². The third kappa shape index (κ3) is 17.6. The number of imide groups is 1. The van der Waals surface area contributed by atoms with Crippen LogP contribution in [0.15, 0.2) is 24.4 Å². The zero-order chi connectivity index (χ0) is 59.7. The molecule has 1 aromatic heterocycles.